The van der Waals surface area contributed by atoms with E-state index in [0.29, 0.717) is 5.56 Å². The number of carbonyl (C=O) groups is 6. The largest absolute Gasteiger partial charge is 0.481 e. The number of carboxylic acid groups (broad SMARTS) is 2. The van der Waals surface area contributed by atoms with Gasteiger partial charge in [0.2, 0.25) is 23.6 Å². The minimum absolute atomic E-state index is 0.0390. The molecule has 0 aliphatic heterocycles. The summed E-state index contributed by atoms with van der Waals surface area (Å²) in [7, 11) is 0. The normalized spacial score (nSPS) is 14.0. The summed E-state index contributed by atoms with van der Waals surface area (Å²) in [5, 5.41) is 25.1. The molecule has 14 heteroatoms. The average Bonchev–Trinajstić information content (AvgIpc) is 2.79. The van der Waals surface area contributed by atoms with Crippen LogP contribution in [0.2, 0.25) is 0 Å². The van der Waals surface area contributed by atoms with E-state index in [4.69, 9.17) is 16.6 Å². The Balaban J connectivity index is 3.12. The van der Waals surface area contributed by atoms with Crippen molar-refractivity contribution >= 4 is 48.2 Å². The van der Waals surface area contributed by atoms with E-state index >= 15 is 0 Å². The molecule has 4 unspecified atom stereocenters. The van der Waals surface area contributed by atoms with Gasteiger partial charge in [0, 0.05) is 18.6 Å². The van der Waals surface area contributed by atoms with Gasteiger partial charge in [0.1, 0.15) is 18.1 Å². The summed E-state index contributed by atoms with van der Waals surface area (Å²) in [6.45, 7) is 0. The minimum Gasteiger partial charge on any atom is -0.481 e. The van der Waals surface area contributed by atoms with Gasteiger partial charge >= 0.3 is 11.9 Å². The van der Waals surface area contributed by atoms with E-state index in [-0.39, 0.29) is 18.6 Å². The quantitative estimate of drug-likeness (QED) is 0.119. The molecule has 0 aliphatic carbocycles. The summed E-state index contributed by atoms with van der Waals surface area (Å²) < 4.78 is 0. The number of aliphatic carboxylic acids is 2. The first-order chi connectivity index (χ1) is 16.4. The third-order valence-corrected chi connectivity index (χ3v) is 5.14. The number of carboxylic acids is 2. The molecule has 4 atom stereocenters. The van der Waals surface area contributed by atoms with Gasteiger partial charge in [0.15, 0.2) is 0 Å². The fourth-order valence-electron chi connectivity index (χ4n) is 2.90. The van der Waals surface area contributed by atoms with Crippen molar-refractivity contribution in [2.75, 3.05) is 5.75 Å². The topological polar surface area (TPSA) is 231 Å². The van der Waals surface area contributed by atoms with E-state index in [1.165, 1.54) is 0 Å². The second kappa shape index (κ2) is 14.6. The number of rotatable bonds is 15. The number of nitrogens with one attached hydrogen (secondary N) is 3. The molecule has 1 rings (SSSR count). The first-order valence-electron chi connectivity index (χ1n) is 10.5. The van der Waals surface area contributed by atoms with Crippen LogP contribution >= 0.6 is 12.6 Å². The minimum atomic E-state index is -1.52. The first-order valence-corrected chi connectivity index (χ1v) is 11.1. The van der Waals surface area contributed by atoms with Gasteiger partial charge in [-0.05, 0) is 12.0 Å². The molecule has 0 heterocycles. The van der Waals surface area contributed by atoms with E-state index in [1.807, 2.05) is 0 Å². The van der Waals surface area contributed by atoms with E-state index in [2.05, 4.69) is 28.6 Å². The van der Waals surface area contributed by atoms with Crippen molar-refractivity contribution in [1.29, 1.82) is 0 Å². The van der Waals surface area contributed by atoms with Crippen LogP contribution in [-0.4, -0.2) is 75.7 Å². The maximum Gasteiger partial charge on any atom is 0.326 e. The Labute approximate surface area is 206 Å². The Morgan fingerprint density at radius 3 is 1.91 bits per heavy atom. The molecule has 1 aromatic rings. The van der Waals surface area contributed by atoms with Crippen LogP contribution < -0.4 is 27.4 Å². The number of nitrogens with two attached hydrogens (primary N) is 2. The zero-order valence-electron chi connectivity index (χ0n) is 18.7. The van der Waals surface area contributed by atoms with E-state index in [9.17, 15) is 33.9 Å². The van der Waals surface area contributed by atoms with Gasteiger partial charge < -0.3 is 37.6 Å². The highest BCUT2D eigenvalue weighted by Gasteiger charge is 2.31. The van der Waals surface area contributed by atoms with Crippen LogP contribution in [0.5, 0.6) is 0 Å². The zero-order chi connectivity index (χ0) is 26.5. The van der Waals surface area contributed by atoms with Gasteiger partial charge in [-0.15, -0.1) is 0 Å². The van der Waals surface area contributed by atoms with E-state index < -0.39 is 72.6 Å². The number of carbonyl (C=O) groups excluding carboxylic acids is 4. The summed E-state index contributed by atoms with van der Waals surface area (Å²) in [4.78, 5) is 71.7. The van der Waals surface area contributed by atoms with Gasteiger partial charge in [0.25, 0.3) is 0 Å². The van der Waals surface area contributed by atoms with E-state index in [1.54, 1.807) is 30.3 Å². The van der Waals surface area contributed by atoms with Gasteiger partial charge in [0.05, 0.1) is 12.5 Å². The Morgan fingerprint density at radius 2 is 1.40 bits per heavy atom. The lowest BCUT2D eigenvalue weighted by Gasteiger charge is -2.24. The first kappa shape index (κ1) is 29.4. The van der Waals surface area contributed by atoms with Crippen LogP contribution in [0.1, 0.15) is 24.8 Å². The third kappa shape index (κ3) is 10.9. The molecule has 35 heavy (non-hydrogen) atoms. The summed E-state index contributed by atoms with van der Waals surface area (Å²) in [6, 6.07) is 3.05. The van der Waals surface area contributed by atoms with Crippen LogP contribution in [-0.2, 0) is 35.2 Å². The molecule has 1 aromatic carbocycles. The smallest absolute Gasteiger partial charge is 0.326 e. The molecule has 13 nitrogen and oxygen atoms in total. The highest BCUT2D eigenvalue weighted by molar-refractivity contribution is 7.80. The van der Waals surface area contributed by atoms with Crippen molar-refractivity contribution in [3.05, 3.63) is 35.9 Å². The lowest BCUT2D eigenvalue weighted by molar-refractivity contribution is -0.143. The van der Waals surface area contributed by atoms with Gasteiger partial charge in [-0.25, -0.2) is 4.79 Å². The number of hydrogen-bond donors (Lipinski definition) is 8. The van der Waals surface area contributed by atoms with Crippen molar-refractivity contribution in [1.82, 2.24) is 16.0 Å². The molecular formula is C21H29N5O8S. The summed E-state index contributed by atoms with van der Waals surface area (Å²) in [6.07, 6.45) is -1.56. The van der Waals surface area contributed by atoms with Crippen LogP contribution in [0.3, 0.4) is 0 Å². The standard InChI is InChI=1S/C21H29N5O8S/c22-12(10-35)18(30)25-15(9-16(23)27)20(32)26-14(8-11-4-2-1-3-5-11)19(31)24-13(21(33)34)6-7-17(28)29/h1-5,12-15,35H,6-10,22H2,(H2,23,27)(H,24,31)(H,25,30)(H,26,32)(H,28,29)(H,33,34). The number of benzene rings is 1. The fourth-order valence-corrected chi connectivity index (χ4v) is 3.07. The maximum atomic E-state index is 12.9. The molecule has 192 valence electrons. The van der Waals surface area contributed by atoms with Crippen LogP contribution in [0.4, 0.5) is 0 Å². The number of thiol groups is 1. The lowest BCUT2D eigenvalue weighted by Crippen LogP contribution is -2.58. The number of primary amides is 1. The summed E-state index contributed by atoms with van der Waals surface area (Å²) in [5.74, 6) is -6.26. The van der Waals surface area contributed by atoms with E-state index in [0.717, 1.165) is 0 Å². The summed E-state index contributed by atoms with van der Waals surface area (Å²) in [5.41, 5.74) is 11.4. The van der Waals surface area contributed by atoms with Crippen LogP contribution in [0, 0.1) is 0 Å². The highest BCUT2D eigenvalue weighted by Crippen LogP contribution is 2.07. The Bertz CT molecular complexity index is 930. The molecule has 0 saturated carbocycles. The van der Waals surface area contributed by atoms with Crippen molar-refractivity contribution in [3.63, 3.8) is 0 Å². The second-order valence-corrected chi connectivity index (χ2v) is 7.97. The predicted octanol–water partition coefficient (Wildman–Crippen LogP) is -2.23. The van der Waals surface area contributed by atoms with Crippen molar-refractivity contribution in [3.8, 4) is 0 Å². The van der Waals surface area contributed by atoms with Crippen molar-refractivity contribution < 1.29 is 39.0 Å². The van der Waals surface area contributed by atoms with Crippen molar-refractivity contribution in [2.45, 2.75) is 49.9 Å². The maximum absolute atomic E-state index is 12.9. The van der Waals surface area contributed by atoms with Crippen LogP contribution in [0.15, 0.2) is 30.3 Å². The molecule has 0 spiro atoms. The fraction of sp³-hybridized carbons (Fsp3) is 0.429. The van der Waals surface area contributed by atoms with Gasteiger partial charge in [-0.3, -0.25) is 24.0 Å². The SMILES string of the molecule is NC(=O)CC(NC(=O)C(N)CS)C(=O)NC(Cc1ccccc1)C(=O)NC(CCC(=O)O)C(=O)O. The molecule has 0 saturated heterocycles. The summed E-state index contributed by atoms with van der Waals surface area (Å²) >= 11 is 3.90. The molecule has 0 fully saturated rings. The van der Waals surface area contributed by atoms with Gasteiger partial charge in [-0.1, -0.05) is 30.3 Å². The molecule has 9 N–H and O–H groups in total. The predicted molar refractivity (Wildman–Crippen MR) is 126 cm³/mol. The monoisotopic (exact) mass is 511 g/mol. The van der Waals surface area contributed by atoms with Crippen molar-refractivity contribution in [2.24, 2.45) is 11.5 Å². The average molecular weight is 512 g/mol. The Hall–Kier alpha value is -3.65. The van der Waals surface area contributed by atoms with Gasteiger partial charge in [-0.2, -0.15) is 12.6 Å². The molecule has 0 aromatic heterocycles. The Kier molecular flexibility index (Phi) is 12.2. The molecule has 0 aliphatic rings. The molecule has 0 bridgehead atoms. The number of hydrogen-bond acceptors (Lipinski definition) is 8. The Morgan fingerprint density at radius 1 is 0.857 bits per heavy atom. The molecule has 4 amide bonds. The highest BCUT2D eigenvalue weighted by atomic mass is 32.1. The molecular weight excluding hydrogens is 482 g/mol. The lowest BCUT2D eigenvalue weighted by atomic mass is 10.0. The second-order valence-electron chi connectivity index (χ2n) is 7.60. The molecule has 0 radical (unpaired) electrons. The third-order valence-electron chi connectivity index (χ3n) is 4.75. The number of amides is 4. The van der Waals surface area contributed by atoms with Crippen LogP contribution in [0.25, 0.3) is 0 Å². The zero-order valence-corrected chi connectivity index (χ0v) is 19.6.